The molecule has 0 aliphatic rings. The third-order valence-corrected chi connectivity index (χ3v) is 0.982. The summed E-state index contributed by atoms with van der Waals surface area (Å²) in [6.45, 7) is -1.16. The van der Waals surface area contributed by atoms with E-state index in [0.29, 0.717) is 0 Å². The van der Waals surface area contributed by atoms with Crippen molar-refractivity contribution in [1.29, 1.82) is 0 Å². The third kappa shape index (κ3) is 5.77. The average molecular weight is 172 g/mol. The Morgan fingerprint density at radius 1 is 1.50 bits per heavy atom. The first kappa shape index (κ1) is 9.64. The Balaban J connectivity index is 3.46. The summed E-state index contributed by atoms with van der Waals surface area (Å²) >= 11 is 4.39. The van der Waals surface area contributed by atoms with Gasteiger partial charge in [0.25, 0.3) is 0 Å². The molecule has 0 atom stereocenters. The van der Waals surface area contributed by atoms with E-state index in [1.807, 2.05) is 5.32 Å². The van der Waals surface area contributed by atoms with E-state index < -0.39 is 12.7 Å². The van der Waals surface area contributed by atoms with Crippen molar-refractivity contribution >= 4 is 17.2 Å². The van der Waals surface area contributed by atoms with Crippen LogP contribution >= 0.6 is 12.2 Å². The van der Waals surface area contributed by atoms with Crippen LogP contribution in [0.4, 0.5) is 13.2 Å². The summed E-state index contributed by atoms with van der Waals surface area (Å²) < 4.78 is 34.2. The van der Waals surface area contributed by atoms with Crippen molar-refractivity contribution in [3.8, 4) is 0 Å². The molecular weight excluding hydrogens is 165 g/mol. The van der Waals surface area contributed by atoms with Crippen LogP contribution in [0.3, 0.4) is 0 Å². The van der Waals surface area contributed by atoms with Crippen molar-refractivity contribution in [2.24, 2.45) is 5.73 Å². The Hall–Kier alpha value is -0.360. The molecule has 0 unspecified atom stereocenters. The first-order valence-corrected chi connectivity index (χ1v) is 2.90. The summed E-state index contributed by atoms with van der Waals surface area (Å²) in [4.78, 5) is 0.0253. The monoisotopic (exact) mass is 172 g/mol. The van der Waals surface area contributed by atoms with E-state index in [4.69, 9.17) is 5.73 Å². The lowest BCUT2D eigenvalue weighted by Crippen LogP contribution is -2.36. The molecule has 0 spiro atoms. The molecular formula is C4H7F3N2S. The fourth-order valence-corrected chi connectivity index (χ4v) is 0.343. The average Bonchev–Trinajstić information content (AvgIpc) is 1.81. The summed E-state index contributed by atoms with van der Waals surface area (Å²) in [7, 11) is 0. The van der Waals surface area contributed by atoms with Gasteiger partial charge in [-0.15, -0.1) is 0 Å². The largest absolute Gasteiger partial charge is 0.405 e. The van der Waals surface area contributed by atoms with E-state index in [1.54, 1.807) is 0 Å². The van der Waals surface area contributed by atoms with E-state index in [9.17, 15) is 13.2 Å². The molecule has 0 saturated carbocycles. The molecule has 0 amide bonds. The van der Waals surface area contributed by atoms with Crippen molar-refractivity contribution in [3.63, 3.8) is 0 Å². The van der Waals surface area contributed by atoms with E-state index in [0.717, 1.165) is 0 Å². The number of hydrogen-bond donors (Lipinski definition) is 2. The topological polar surface area (TPSA) is 38.0 Å². The van der Waals surface area contributed by atoms with Crippen molar-refractivity contribution in [2.75, 3.05) is 13.1 Å². The number of nitrogens with one attached hydrogen (secondary N) is 1. The highest BCUT2D eigenvalue weighted by atomic mass is 32.1. The number of thiocarbonyl (C=S) groups is 1. The summed E-state index contributed by atoms with van der Waals surface area (Å²) in [5, 5.41) is 1.95. The Bertz CT molecular complexity index is 122. The lowest BCUT2D eigenvalue weighted by molar-refractivity contribution is -0.121. The Morgan fingerprint density at radius 2 is 2.00 bits per heavy atom. The fraction of sp³-hybridized carbons (Fsp3) is 0.750. The smallest absolute Gasteiger partial charge is 0.370 e. The zero-order valence-corrected chi connectivity index (χ0v) is 5.85. The van der Waals surface area contributed by atoms with Gasteiger partial charge in [-0.1, -0.05) is 12.2 Å². The van der Waals surface area contributed by atoms with Gasteiger partial charge >= 0.3 is 6.18 Å². The zero-order chi connectivity index (χ0) is 8.20. The third-order valence-electron chi connectivity index (χ3n) is 0.671. The van der Waals surface area contributed by atoms with Crippen molar-refractivity contribution in [1.82, 2.24) is 5.32 Å². The van der Waals surface area contributed by atoms with Gasteiger partial charge in [0.2, 0.25) is 0 Å². The maximum Gasteiger partial charge on any atom is 0.405 e. The molecule has 0 aliphatic carbocycles. The van der Waals surface area contributed by atoms with E-state index in [-0.39, 0.29) is 11.5 Å². The summed E-state index contributed by atoms with van der Waals surface area (Å²) in [6, 6.07) is 0. The fourth-order valence-electron chi connectivity index (χ4n) is 0.271. The maximum absolute atomic E-state index is 11.4. The lowest BCUT2D eigenvalue weighted by atomic mass is 10.5. The summed E-state index contributed by atoms with van der Waals surface area (Å²) in [6.07, 6.45) is -4.22. The van der Waals surface area contributed by atoms with Crippen LogP contribution < -0.4 is 11.1 Å². The van der Waals surface area contributed by atoms with E-state index >= 15 is 0 Å². The molecule has 0 radical (unpaired) electrons. The molecule has 0 bridgehead atoms. The molecule has 0 rings (SSSR count). The predicted octanol–water partition coefficient (Wildman–Crippen LogP) is 0.424. The van der Waals surface area contributed by atoms with Crippen molar-refractivity contribution in [3.05, 3.63) is 0 Å². The molecule has 2 nitrogen and oxygen atoms in total. The van der Waals surface area contributed by atoms with Gasteiger partial charge in [0.15, 0.2) is 0 Å². The first-order chi connectivity index (χ1) is 4.45. The van der Waals surface area contributed by atoms with Crippen LogP contribution in [0.2, 0.25) is 0 Å². The predicted molar refractivity (Wildman–Crippen MR) is 35.7 cm³/mol. The highest BCUT2D eigenvalue weighted by molar-refractivity contribution is 7.80. The summed E-state index contributed by atoms with van der Waals surface area (Å²) in [5.74, 6) is 0. The minimum Gasteiger partial charge on any atom is -0.370 e. The molecule has 0 aromatic heterocycles. The van der Waals surface area contributed by atoms with Crippen LogP contribution in [0, 0.1) is 0 Å². The molecule has 0 saturated heterocycles. The Labute approximate surface area is 61.6 Å². The van der Waals surface area contributed by atoms with Gasteiger partial charge in [0.1, 0.15) is 6.54 Å². The first-order valence-electron chi connectivity index (χ1n) is 2.49. The number of alkyl halides is 3. The molecule has 0 aromatic carbocycles. The van der Waals surface area contributed by atoms with Gasteiger partial charge < -0.3 is 11.1 Å². The minimum atomic E-state index is -4.22. The molecule has 0 fully saturated rings. The van der Waals surface area contributed by atoms with Gasteiger partial charge in [-0.05, 0) is 0 Å². The van der Waals surface area contributed by atoms with Gasteiger partial charge in [0.05, 0.1) is 4.99 Å². The molecule has 0 aliphatic heterocycles. The van der Waals surface area contributed by atoms with E-state index in [1.165, 1.54) is 0 Å². The molecule has 0 heterocycles. The maximum atomic E-state index is 11.4. The van der Waals surface area contributed by atoms with Gasteiger partial charge in [0, 0.05) is 6.54 Å². The standard InChI is InChI=1S/C4H7F3N2S/c5-4(6,7)2-9-3(10)1-8/h1-2,8H2,(H,9,10). The van der Waals surface area contributed by atoms with Crippen LogP contribution in [0.1, 0.15) is 0 Å². The quantitative estimate of drug-likeness (QED) is 0.593. The normalized spacial score (nSPS) is 11.2. The van der Waals surface area contributed by atoms with Crippen LogP contribution in [0.15, 0.2) is 0 Å². The van der Waals surface area contributed by atoms with Crippen LogP contribution in [0.5, 0.6) is 0 Å². The second-order valence-electron chi connectivity index (χ2n) is 1.60. The van der Waals surface area contributed by atoms with E-state index in [2.05, 4.69) is 12.2 Å². The van der Waals surface area contributed by atoms with Gasteiger partial charge in [-0.25, -0.2) is 0 Å². The highest BCUT2D eigenvalue weighted by Gasteiger charge is 2.26. The molecule has 6 heteroatoms. The number of hydrogen-bond acceptors (Lipinski definition) is 2. The van der Waals surface area contributed by atoms with Crippen molar-refractivity contribution < 1.29 is 13.2 Å². The molecule has 3 N–H and O–H groups in total. The summed E-state index contributed by atoms with van der Waals surface area (Å²) in [5.41, 5.74) is 4.93. The highest BCUT2D eigenvalue weighted by Crippen LogP contribution is 2.11. The SMILES string of the molecule is NCC(=S)NCC(F)(F)F. The second kappa shape index (κ2) is 3.72. The van der Waals surface area contributed by atoms with Gasteiger partial charge in [-0.2, -0.15) is 13.2 Å². The van der Waals surface area contributed by atoms with Crippen LogP contribution in [-0.2, 0) is 0 Å². The number of rotatable bonds is 2. The zero-order valence-electron chi connectivity index (χ0n) is 5.03. The molecule has 60 valence electrons. The van der Waals surface area contributed by atoms with Crippen LogP contribution in [-0.4, -0.2) is 24.3 Å². The number of halogens is 3. The van der Waals surface area contributed by atoms with Gasteiger partial charge in [-0.3, -0.25) is 0 Å². The lowest BCUT2D eigenvalue weighted by Gasteiger charge is -2.07. The Kier molecular flexibility index (Phi) is 3.59. The van der Waals surface area contributed by atoms with Crippen molar-refractivity contribution in [2.45, 2.75) is 6.18 Å². The number of nitrogens with two attached hydrogens (primary N) is 1. The molecule has 10 heavy (non-hydrogen) atoms. The second-order valence-corrected chi connectivity index (χ2v) is 2.09. The van der Waals surface area contributed by atoms with Crippen LogP contribution in [0.25, 0.3) is 0 Å². The minimum absolute atomic E-state index is 0.0253. The Morgan fingerprint density at radius 3 is 2.30 bits per heavy atom. The molecule has 0 aromatic rings.